The summed E-state index contributed by atoms with van der Waals surface area (Å²) >= 11 is 0. The van der Waals surface area contributed by atoms with Gasteiger partial charge in [0.25, 0.3) is 0 Å². The fraction of sp³-hybridized carbons (Fsp3) is 0.188. The molecule has 0 aliphatic carbocycles. The number of H-pyrrole nitrogens is 1. The van der Waals surface area contributed by atoms with Crippen LogP contribution < -0.4 is 10.4 Å². The maximum absolute atomic E-state index is 13.1. The minimum Gasteiger partial charge on any atom is -0.507 e. The molecule has 0 aliphatic heterocycles. The quantitative estimate of drug-likeness (QED) is 0.241. The van der Waals surface area contributed by atoms with Gasteiger partial charge in [-0.2, -0.15) is 0 Å². The predicted molar refractivity (Wildman–Crippen MR) is 149 cm³/mol. The zero-order valence-corrected chi connectivity index (χ0v) is 22.0. The van der Waals surface area contributed by atoms with Crippen molar-refractivity contribution >= 4 is 16.9 Å². The fourth-order valence-electron chi connectivity index (χ4n) is 4.98. The van der Waals surface area contributed by atoms with Gasteiger partial charge in [0.05, 0.1) is 25.2 Å². The first-order valence-electron chi connectivity index (χ1n) is 12.7. The lowest BCUT2D eigenvalue weighted by atomic mass is 9.85. The number of aryl methyl sites for hydroxylation is 2. The highest BCUT2D eigenvalue weighted by Crippen LogP contribution is 2.39. The van der Waals surface area contributed by atoms with Gasteiger partial charge in [0.2, 0.25) is 0 Å². The monoisotopic (exact) mass is 523 g/mol. The summed E-state index contributed by atoms with van der Waals surface area (Å²) in [5.74, 6) is -0.502. The molecular formula is C32H29NO6. The zero-order chi connectivity index (χ0) is 27.5. The van der Waals surface area contributed by atoms with Crippen molar-refractivity contribution in [1.82, 2.24) is 4.98 Å². The molecular weight excluding hydrogens is 494 g/mol. The van der Waals surface area contributed by atoms with E-state index >= 15 is 0 Å². The molecule has 0 saturated heterocycles. The van der Waals surface area contributed by atoms with Crippen molar-refractivity contribution in [3.63, 3.8) is 0 Å². The molecule has 5 rings (SSSR count). The Morgan fingerprint density at radius 3 is 2.46 bits per heavy atom. The number of aromatic amines is 1. The molecule has 0 fully saturated rings. The number of fused-ring (bicyclic) bond motifs is 1. The van der Waals surface area contributed by atoms with Crippen LogP contribution in [0.1, 0.15) is 50.0 Å². The molecule has 0 radical (unpaired) electrons. The maximum Gasteiger partial charge on any atom is 0.343 e. The summed E-state index contributed by atoms with van der Waals surface area (Å²) < 4.78 is 16.4. The molecule has 39 heavy (non-hydrogen) atoms. The molecule has 198 valence electrons. The van der Waals surface area contributed by atoms with Gasteiger partial charge in [-0.05, 0) is 43.2 Å². The van der Waals surface area contributed by atoms with Gasteiger partial charge < -0.3 is 24.0 Å². The Labute approximate surface area is 225 Å². The van der Waals surface area contributed by atoms with E-state index in [1.165, 1.54) is 13.2 Å². The lowest BCUT2D eigenvalue weighted by molar-refractivity contribution is 0.0505. The highest BCUT2D eigenvalue weighted by Gasteiger charge is 2.29. The number of carbonyl (C=O) groups is 1. The number of ether oxygens (including phenoxy) is 2. The number of rotatable bonds is 8. The lowest BCUT2D eigenvalue weighted by Crippen LogP contribution is -2.18. The topological polar surface area (TPSA) is 102 Å². The van der Waals surface area contributed by atoms with Crippen LogP contribution in [0.5, 0.6) is 11.5 Å². The molecule has 0 spiro atoms. The van der Waals surface area contributed by atoms with Crippen LogP contribution in [0, 0.1) is 13.8 Å². The minimum atomic E-state index is -0.644. The smallest absolute Gasteiger partial charge is 0.343 e. The first kappa shape index (κ1) is 25.9. The Morgan fingerprint density at radius 1 is 1.00 bits per heavy atom. The van der Waals surface area contributed by atoms with Gasteiger partial charge in [0.15, 0.2) is 0 Å². The SMILES string of the molecule is COc1ccccc1C(=O)OCCc1c(C(c2ccc(C)cc2)c2c(O)cc(C)oc2=O)[nH]c2ccccc12. The number of methoxy groups -OCH3 is 1. The van der Waals surface area contributed by atoms with Crippen LogP contribution in [-0.4, -0.2) is 29.8 Å². The second-order valence-electron chi connectivity index (χ2n) is 9.44. The number of aromatic hydroxyl groups is 1. The van der Waals surface area contributed by atoms with E-state index in [9.17, 15) is 14.7 Å². The third-order valence-corrected chi connectivity index (χ3v) is 6.84. The second-order valence-corrected chi connectivity index (χ2v) is 9.44. The zero-order valence-electron chi connectivity index (χ0n) is 22.0. The van der Waals surface area contributed by atoms with E-state index in [1.54, 1.807) is 31.2 Å². The maximum atomic E-state index is 13.1. The molecule has 1 atom stereocenters. The summed E-state index contributed by atoms with van der Waals surface area (Å²) in [4.78, 5) is 29.5. The first-order chi connectivity index (χ1) is 18.9. The van der Waals surface area contributed by atoms with Crippen molar-refractivity contribution in [2.24, 2.45) is 0 Å². The van der Waals surface area contributed by atoms with Gasteiger partial charge >= 0.3 is 11.6 Å². The summed E-state index contributed by atoms with van der Waals surface area (Å²) in [5.41, 5.74) is 4.23. The molecule has 2 heterocycles. The molecule has 0 amide bonds. The van der Waals surface area contributed by atoms with Crippen LogP contribution in [0.3, 0.4) is 0 Å². The Bertz CT molecular complexity index is 1700. The van der Waals surface area contributed by atoms with Crippen LogP contribution in [0.4, 0.5) is 0 Å². The van der Waals surface area contributed by atoms with E-state index in [-0.39, 0.29) is 17.9 Å². The first-order valence-corrected chi connectivity index (χ1v) is 12.7. The number of benzene rings is 3. The molecule has 1 unspecified atom stereocenters. The molecule has 7 heteroatoms. The number of aromatic nitrogens is 1. The van der Waals surface area contributed by atoms with Gasteiger partial charge in [-0.3, -0.25) is 0 Å². The number of hydrogen-bond acceptors (Lipinski definition) is 6. The average Bonchev–Trinajstić information content (AvgIpc) is 3.29. The van der Waals surface area contributed by atoms with E-state index in [0.29, 0.717) is 23.5 Å². The number of esters is 1. The number of carbonyl (C=O) groups excluding carboxylic acids is 1. The number of nitrogens with one attached hydrogen (secondary N) is 1. The Morgan fingerprint density at radius 2 is 1.72 bits per heavy atom. The van der Waals surface area contributed by atoms with E-state index < -0.39 is 17.5 Å². The van der Waals surface area contributed by atoms with Gasteiger partial charge in [-0.1, -0.05) is 60.2 Å². The molecule has 2 N–H and O–H groups in total. The minimum absolute atomic E-state index is 0.0981. The van der Waals surface area contributed by atoms with E-state index in [0.717, 1.165) is 33.3 Å². The summed E-state index contributed by atoms with van der Waals surface area (Å²) in [6.45, 7) is 3.71. The van der Waals surface area contributed by atoms with Gasteiger partial charge in [-0.25, -0.2) is 9.59 Å². The van der Waals surface area contributed by atoms with Crippen LogP contribution in [-0.2, 0) is 11.2 Å². The molecule has 2 aromatic heterocycles. The third-order valence-electron chi connectivity index (χ3n) is 6.84. The molecule has 3 aromatic carbocycles. The van der Waals surface area contributed by atoms with Crippen molar-refractivity contribution < 1.29 is 23.8 Å². The summed E-state index contributed by atoms with van der Waals surface area (Å²) in [6, 6.07) is 24.0. The highest BCUT2D eigenvalue weighted by molar-refractivity contribution is 5.92. The van der Waals surface area contributed by atoms with Crippen LogP contribution >= 0.6 is 0 Å². The average molecular weight is 524 g/mol. The predicted octanol–water partition coefficient (Wildman–Crippen LogP) is 6.03. The standard InChI is InChI=1S/C32H29NO6/c1-19-12-14-21(15-13-19)28(29-26(34)18-20(2)39-32(29)36)30-23(22-8-4-6-10-25(22)33-30)16-17-38-31(35)24-9-5-7-11-27(24)37-3/h4-15,18,28,33-34H,16-17H2,1-3H3. The Hall–Kier alpha value is -4.78. The molecule has 7 nitrogen and oxygen atoms in total. The Balaban J connectivity index is 1.58. The van der Waals surface area contributed by atoms with Crippen LogP contribution in [0.25, 0.3) is 10.9 Å². The molecule has 0 aliphatic rings. The number of para-hydroxylation sites is 2. The highest BCUT2D eigenvalue weighted by atomic mass is 16.5. The second kappa shape index (κ2) is 10.9. The summed E-state index contributed by atoms with van der Waals surface area (Å²) in [6.07, 6.45) is 0.376. The van der Waals surface area contributed by atoms with Gasteiger partial charge in [0, 0.05) is 29.1 Å². The largest absolute Gasteiger partial charge is 0.507 e. The van der Waals surface area contributed by atoms with E-state index in [2.05, 4.69) is 4.98 Å². The van der Waals surface area contributed by atoms with Crippen LogP contribution in [0.2, 0.25) is 0 Å². The third kappa shape index (κ3) is 5.16. The lowest BCUT2D eigenvalue weighted by Gasteiger charge is -2.20. The van der Waals surface area contributed by atoms with Crippen molar-refractivity contribution in [3.8, 4) is 11.5 Å². The van der Waals surface area contributed by atoms with Crippen LogP contribution in [0.15, 0.2) is 88.1 Å². The Kier molecular flexibility index (Phi) is 7.23. The molecule has 0 saturated carbocycles. The van der Waals surface area contributed by atoms with E-state index in [1.807, 2.05) is 55.5 Å². The summed E-state index contributed by atoms with van der Waals surface area (Å²) in [7, 11) is 1.51. The summed E-state index contributed by atoms with van der Waals surface area (Å²) in [5, 5.41) is 11.9. The van der Waals surface area contributed by atoms with Crippen molar-refractivity contribution in [2.45, 2.75) is 26.2 Å². The van der Waals surface area contributed by atoms with E-state index in [4.69, 9.17) is 13.9 Å². The van der Waals surface area contributed by atoms with Crippen molar-refractivity contribution in [3.05, 3.63) is 129 Å². The van der Waals surface area contributed by atoms with Crippen molar-refractivity contribution in [1.29, 1.82) is 0 Å². The molecule has 0 bridgehead atoms. The van der Waals surface area contributed by atoms with Gasteiger partial charge in [0.1, 0.15) is 22.8 Å². The fourth-order valence-corrected chi connectivity index (χ4v) is 4.98. The number of hydrogen-bond donors (Lipinski definition) is 2. The normalized spacial score (nSPS) is 11.9. The molecule has 5 aromatic rings. The van der Waals surface area contributed by atoms with Crippen molar-refractivity contribution in [2.75, 3.05) is 13.7 Å². The van der Waals surface area contributed by atoms with Gasteiger partial charge in [-0.15, -0.1) is 0 Å².